The van der Waals surface area contributed by atoms with E-state index in [1.165, 1.54) is 37.7 Å². The normalized spacial score (nSPS) is 15.6. The predicted molar refractivity (Wildman–Crippen MR) is 80.6 cm³/mol. The Balaban J connectivity index is 1.74. The predicted octanol–water partition coefficient (Wildman–Crippen LogP) is 5.20. The highest BCUT2D eigenvalue weighted by molar-refractivity contribution is 5.59. The Hall–Kier alpha value is -2.26. The summed E-state index contributed by atoms with van der Waals surface area (Å²) in [6.45, 7) is 0.198. The van der Waals surface area contributed by atoms with Crippen molar-refractivity contribution in [1.29, 1.82) is 0 Å². The minimum Gasteiger partial charge on any atom is -0.361 e. The van der Waals surface area contributed by atoms with Crippen LogP contribution in [0, 0.1) is 0 Å². The number of aromatic nitrogens is 1. The Morgan fingerprint density at radius 1 is 1.19 bits per heavy atom. The van der Waals surface area contributed by atoms with Crippen molar-refractivity contribution in [2.45, 2.75) is 44.6 Å². The molecule has 1 aromatic carbocycles. The lowest BCUT2D eigenvalue weighted by molar-refractivity contribution is 0.387. The van der Waals surface area contributed by atoms with Gasteiger partial charge in [0.15, 0.2) is 0 Å². The molecule has 0 N–H and O–H groups in total. The van der Waals surface area contributed by atoms with Gasteiger partial charge in [-0.15, -0.1) is 0 Å². The van der Waals surface area contributed by atoms with Gasteiger partial charge in [0.25, 0.3) is 0 Å². The van der Waals surface area contributed by atoms with Crippen molar-refractivity contribution in [1.82, 2.24) is 5.16 Å². The Kier molecular flexibility index (Phi) is 4.22. The maximum Gasteiger partial charge on any atom is 0.143 e. The third kappa shape index (κ3) is 3.26. The van der Waals surface area contributed by atoms with E-state index in [9.17, 15) is 0 Å². The van der Waals surface area contributed by atoms with E-state index in [4.69, 9.17) is 10.1 Å². The fourth-order valence-electron chi connectivity index (χ4n) is 2.99. The summed E-state index contributed by atoms with van der Waals surface area (Å²) in [6.07, 6.45) is 6.68. The van der Waals surface area contributed by atoms with Crippen LogP contribution in [-0.4, -0.2) is 5.16 Å². The number of azide groups is 1. The molecule has 1 aromatic heterocycles. The van der Waals surface area contributed by atoms with E-state index in [1.54, 1.807) is 0 Å². The molecule has 0 aliphatic heterocycles. The fourth-order valence-corrected chi connectivity index (χ4v) is 2.99. The van der Waals surface area contributed by atoms with Gasteiger partial charge in [0, 0.05) is 16.5 Å². The summed E-state index contributed by atoms with van der Waals surface area (Å²) in [6, 6.07) is 10.4. The number of benzene rings is 1. The van der Waals surface area contributed by atoms with Crippen LogP contribution in [0.2, 0.25) is 0 Å². The Bertz CT molecular complexity index is 635. The first kappa shape index (κ1) is 13.7. The van der Waals surface area contributed by atoms with Crippen molar-refractivity contribution < 1.29 is 4.52 Å². The molecule has 5 heteroatoms. The molecule has 1 heterocycles. The highest BCUT2D eigenvalue weighted by Gasteiger charge is 2.15. The van der Waals surface area contributed by atoms with Crippen molar-refractivity contribution in [3.05, 3.63) is 52.1 Å². The van der Waals surface area contributed by atoms with Gasteiger partial charge in [-0.2, -0.15) is 0 Å². The second-order valence-corrected chi connectivity index (χ2v) is 5.52. The zero-order chi connectivity index (χ0) is 14.5. The molecule has 1 aliphatic rings. The summed E-state index contributed by atoms with van der Waals surface area (Å²) in [4.78, 5) is 2.71. The third-order valence-corrected chi connectivity index (χ3v) is 4.13. The zero-order valence-electron chi connectivity index (χ0n) is 11.9. The monoisotopic (exact) mass is 282 g/mol. The van der Waals surface area contributed by atoms with E-state index in [-0.39, 0.29) is 6.54 Å². The first-order valence-corrected chi connectivity index (χ1v) is 7.43. The van der Waals surface area contributed by atoms with Crippen LogP contribution in [-0.2, 0) is 6.54 Å². The van der Waals surface area contributed by atoms with Crippen LogP contribution in [0.15, 0.2) is 40.0 Å². The van der Waals surface area contributed by atoms with Crippen LogP contribution in [0.1, 0.15) is 49.3 Å². The first-order valence-electron chi connectivity index (χ1n) is 7.43. The molecule has 3 rings (SSSR count). The molecular weight excluding hydrogens is 264 g/mol. The maximum absolute atomic E-state index is 8.30. The lowest BCUT2D eigenvalue weighted by Gasteiger charge is -2.21. The molecule has 0 spiro atoms. The van der Waals surface area contributed by atoms with Gasteiger partial charge in [-0.3, -0.25) is 0 Å². The second kappa shape index (κ2) is 6.46. The SMILES string of the molecule is [N-]=[N+]=NCc1cc(-c2ccc(C3CCCCC3)cc2)no1. The summed E-state index contributed by atoms with van der Waals surface area (Å²) in [7, 11) is 0. The zero-order valence-corrected chi connectivity index (χ0v) is 11.9. The summed E-state index contributed by atoms with van der Waals surface area (Å²) < 4.78 is 5.15. The second-order valence-electron chi connectivity index (χ2n) is 5.52. The molecular formula is C16H18N4O. The van der Waals surface area contributed by atoms with Crippen molar-refractivity contribution in [2.24, 2.45) is 5.11 Å². The number of hydrogen-bond donors (Lipinski definition) is 0. The highest BCUT2D eigenvalue weighted by Crippen LogP contribution is 2.33. The molecule has 1 aliphatic carbocycles. The lowest BCUT2D eigenvalue weighted by Crippen LogP contribution is -2.04. The van der Waals surface area contributed by atoms with Gasteiger partial charge in [0.1, 0.15) is 11.5 Å². The van der Waals surface area contributed by atoms with E-state index in [0.717, 1.165) is 11.3 Å². The minimum absolute atomic E-state index is 0.198. The minimum atomic E-state index is 0.198. The van der Waals surface area contributed by atoms with Crippen LogP contribution in [0.4, 0.5) is 0 Å². The molecule has 108 valence electrons. The van der Waals surface area contributed by atoms with Gasteiger partial charge in [-0.25, -0.2) is 0 Å². The maximum atomic E-state index is 8.30. The Morgan fingerprint density at radius 3 is 2.67 bits per heavy atom. The quantitative estimate of drug-likeness (QED) is 0.439. The van der Waals surface area contributed by atoms with Gasteiger partial charge >= 0.3 is 0 Å². The summed E-state index contributed by atoms with van der Waals surface area (Å²) in [5.74, 6) is 1.30. The van der Waals surface area contributed by atoms with Gasteiger partial charge < -0.3 is 4.52 Å². The molecule has 0 saturated heterocycles. The average Bonchev–Trinajstić information content (AvgIpc) is 3.03. The first-order chi connectivity index (χ1) is 10.4. The van der Waals surface area contributed by atoms with E-state index in [2.05, 4.69) is 39.4 Å². The topological polar surface area (TPSA) is 74.8 Å². The summed E-state index contributed by atoms with van der Waals surface area (Å²) in [5.41, 5.74) is 11.5. The van der Waals surface area contributed by atoms with Crippen LogP contribution < -0.4 is 0 Å². The van der Waals surface area contributed by atoms with Gasteiger partial charge in [0.05, 0.1) is 6.54 Å². The van der Waals surface area contributed by atoms with Crippen molar-refractivity contribution in [3.63, 3.8) is 0 Å². The van der Waals surface area contributed by atoms with Gasteiger partial charge in [-0.1, -0.05) is 53.8 Å². The summed E-state index contributed by atoms with van der Waals surface area (Å²) in [5, 5.41) is 7.49. The highest BCUT2D eigenvalue weighted by atomic mass is 16.5. The Labute approximate surface area is 123 Å². The Morgan fingerprint density at radius 2 is 1.95 bits per heavy atom. The number of rotatable bonds is 4. The van der Waals surface area contributed by atoms with Crippen molar-refractivity contribution in [3.8, 4) is 11.3 Å². The van der Waals surface area contributed by atoms with Crippen LogP contribution in [0.5, 0.6) is 0 Å². The molecule has 1 saturated carbocycles. The van der Waals surface area contributed by atoms with Crippen LogP contribution in [0.3, 0.4) is 0 Å². The van der Waals surface area contributed by atoms with E-state index in [0.29, 0.717) is 11.7 Å². The van der Waals surface area contributed by atoms with Crippen LogP contribution in [0.25, 0.3) is 21.7 Å². The molecule has 0 bridgehead atoms. The molecule has 5 nitrogen and oxygen atoms in total. The van der Waals surface area contributed by atoms with Crippen molar-refractivity contribution >= 4 is 0 Å². The largest absolute Gasteiger partial charge is 0.361 e. The molecule has 2 aromatic rings. The average molecular weight is 282 g/mol. The fraction of sp³-hybridized carbons (Fsp3) is 0.438. The summed E-state index contributed by atoms with van der Waals surface area (Å²) >= 11 is 0. The van der Waals surface area contributed by atoms with E-state index >= 15 is 0 Å². The molecule has 0 amide bonds. The van der Waals surface area contributed by atoms with E-state index in [1.807, 2.05) is 6.07 Å². The molecule has 21 heavy (non-hydrogen) atoms. The molecule has 0 radical (unpaired) electrons. The standard InChI is InChI=1S/C16H18N4O/c17-20-18-11-15-10-16(19-21-15)14-8-6-13(7-9-14)12-4-2-1-3-5-12/h6-10,12H,1-5,11H2. The van der Waals surface area contributed by atoms with Crippen LogP contribution >= 0.6 is 0 Å². The lowest BCUT2D eigenvalue weighted by atomic mass is 9.84. The van der Waals surface area contributed by atoms with Gasteiger partial charge in [0.2, 0.25) is 0 Å². The third-order valence-electron chi connectivity index (χ3n) is 4.13. The molecule has 0 atom stereocenters. The van der Waals surface area contributed by atoms with Gasteiger partial charge in [-0.05, 0) is 29.9 Å². The van der Waals surface area contributed by atoms with Crippen molar-refractivity contribution in [2.75, 3.05) is 0 Å². The smallest absolute Gasteiger partial charge is 0.143 e. The molecule has 0 unspecified atom stereocenters. The number of hydrogen-bond acceptors (Lipinski definition) is 3. The van der Waals surface area contributed by atoms with E-state index < -0.39 is 0 Å². The number of nitrogens with zero attached hydrogens (tertiary/aromatic N) is 4. The molecule has 1 fully saturated rings.